The van der Waals surface area contributed by atoms with E-state index in [2.05, 4.69) is 42.9 Å². The zero-order valence-electron chi connectivity index (χ0n) is 23.4. The molecule has 0 aliphatic carbocycles. The molecule has 0 radical (unpaired) electrons. The van der Waals surface area contributed by atoms with Crippen LogP contribution in [0.3, 0.4) is 0 Å². The highest BCUT2D eigenvalue weighted by molar-refractivity contribution is 6.02. The number of anilines is 6. The van der Waals surface area contributed by atoms with Crippen LogP contribution in [0, 0.1) is 0 Å². The lowest BCUT2D eigenvalue weighted by atomic mass is 10.2. The molecule has 4 rings (SSSR count). The second-order valence-electron chi connectivity index (χ2n) is 9.39. The number of nitrogens with zero attached hydrogens (tertiary/aromatic N) is 6. The fourth-order valence-electron chi connectivity index (χ4n) is 4.20. The number of pyridine rings is 1. The van der Waals surface area contributed by atoms with Crippen LogP contribution in [-0.4, -0.2) is 73.1 Å². The number of amides is 1. The van der Waals surface area contributed by atoms with Gasteiger partial charge in [-0.1, -0.05) is 13.5 Å². The van der Waals surface area contributed by atoms with Gasteiger partial charge in [-0.15, -0.1) is 0 Å². The third kappa shape index (κ3) is 7.22. The first kappa shape index (κ1) is 29.6. The first-order valence-corrected chi connectivity index (χ1v) is 13.0. The van der Waals surface area contributed by atoms with Crippen molar-refractivity contribution in [2.24, 2.45) is 0 Å². The molecule has 0 fully saturated rings. The smallest absolute Gasteiger partial charge is 0.387 e. The fraction of sp³-hybridized carbons (Fsp3) is 0.333. The van der Waals surface area contributed by atoms with E-state index in [-0.39, 0.29) is 23.6 Å². The molecular weight excluding hydrogens is 534 g/mol. The van der Waals surface area contributed by atoms with Gasteiger partial charge < -0.3 is 25.2 Å². The van der Waals surface area contributed by atoms with E-state index in [4.69, 9.17) is 4.74 Å². The molecule has 1 amide bonds. The summed E-state index contributed by atoms with van der Waals surface area (Å²) < 4.78 is 31.9. The summed E-state index contributed by atoms with van der Waals surface area (Å²) in [7, 11) is 5.65. The number of nitrogens with one attached hydrogen (secondary N) is 4. The summed E-state index contributed by atoms with van der Waals surface area (Å²) in [6, 6.07) is 8.39. The summed E-state index contributed by atoms with van der Waals surface area (Å²) in [6.07, 6.45) is 4.17. The molecule has 4 N–H and O–H groups in total. The number of carbonyl (C=O) groups excluding carboxylic acids is 1. The number of benzene rings is 1. The van der Waals surface area contributed by atoms with E-state index in [0.29, 0.717) is 30.3 Å². The van der Waals surface area contributed by atoms with Crippen molar-refractivity contribution in [3.8, 4) is 5.75 Å². The number of hydrogen-bond donors (Lipinski definition) is 4. The molecule has 0 saturated heterocycles. The summed E-state index contributed by atoms with van der Waals surface area (Å²) in [6.45, 7) is 4.38. The molecule has 3 aromatic rings. The Morgan fingerprint density at radius 2 is 2.00 bits per heavy atom. The lowest BCUT2D eigenvalue weighted by Crippen LogP contribution is -2.37. The van der Waals surface area contributed by atoms with Crippen molar-refractivity contribution in [1.82, 2.24) is 30.6 Å². The van der Waals surface area contributed by atoms with E-state index in [0.717, 1.165) is 24.0 Å². The van der Waals surface area contributed by atoms with Gasteiger partial charge in [-0.25, -0.2) is 10.4 Å². The lowest BCUT2D eigenvalue weighted by molar-refractivity contribution is -0.111. The predicted octanol–water partition coefficient (Wildman–Crippen LogP) is 3.60. The van der Waals surface area contributed by atoms with E-state index in [1.165, 1.54) is 12.1 Å². The van der Waals surface area contributed by atoms with Gasteiger partial charge in [0.05, 0.1) is 28.4 Å². The Hall–Kier alpha value is -4.40. The topological polar surface area (TPSA) is 123 Å². The van der Waals surface area contributed by atoms with Gasteiger partial charge >= 0.3 is 6.61 Å². The number of carbonyl (C=O) groups is 1. The summed E-state index contributed by atoms with van der Waals surface area (Å²) in [5.41, 5.74) is 5.94. The van der Waals surface area contributed by atoms with Crippen molar-refractivity contribution in [3.05, 3.63) is 61.1 Å². The van der Waals surface area contributed by atoms with Crippen LogP contribution in [0.5, 0.6) is 5.75 Å². The van der Waals surface area contributed by atoms with Gasteiger partial charge in [0.1, 0.15) is 6.17 Å². The normalized spacial score (nSPS) is 14.2. The lowest BCUT2D eigenvalue weighted by Gasteiger charge is -2.26. The maximum Gasteiger partial charge on any atom is 0.387 e. The van der Waals surface area contributed by atoms with Crippen molar-refractivity contribution < 1.29 is 18.3 Å². The van der Waals surface area contributed by atoms with Crippen LogP contribution in [0.15, 0.2) is 55.4 Å². The molecule has 0 spiro atoms. The minimum Gasteiger partial charge on any atom is -0.433 e. The average Bonchev–Trinajstić information content (AvgIpc) is 3.31. The van der Waals surface area contributed by atoms with E-state index < -0.39 is 12.5 Å². The van der Waals surface area contributed by atoms with Crippen LogP contribution >= 0.6 is 0 Å². The van der Waals surface area contributed by atoms with Crippen LogP contribution in [0.2, 0.25) is 0 Å². The minimum atomic E-state index is -3.09. The summed E-state index contributed by atoms with van der Waals surface area (Å²) in [5.74, 6) is 0.0177. The Morgan fingerprint density at radius 3 is 2.71 bits per heavy atom. The molecule has 12 nitrogen and oxygen atoms in total. The number of rotatable bonds is 13. The van der Waals surface area contributed by atoms with Crippen LogP contribution < -0.4 is 36.0 Å². The van der Waals surface area contributed by atoms with Gasteiger partial charge in [-0.2, -0.15) is 13.8 Å². The monoisotopic (exact) mass is 568 g/mol. The molecule has 14 heteroatoms. The fourth-order valence-corrected chi connectivity index (χ4v) is 4.20. The Bertz CT molecular complexity index is 1370. The first-order valence-electron chi connectivity index (χ1n) is 13.0. The van der Waals surface area contributed by atoms with Gasteiger partial charge in [0.25, 0.3) is 0 Å². The number of hydrogen-bond acceptors (Lipinski definition) is 11. The molecule has 1 aliphatic rings. The number of halogens is 2. The zero-order chi connectivity index (χ0) is 29.5. The largest absolute Gasteiger partial charge is 0.433 e. The van der Waals surface area contributed by atoms with E-state index in [9.17, 15) is 13.6 Å². The average molecular weight is 569 g/mol. The maximum atomic E-state index is 13.5. The van der Waals surface area contributed by atoms with Crippen molar-refractivity contribution in [2.45, 2.75) is 19.7 Å². The number of aromatic nitrogens is 3. The van der Waals surface area contributed by atoms with Crippen molar-refractivity contribution in [3.63, 3.8) is 0 Å². The highest BCUT2D eigenvalue weighted by atomic mass is 19.3. The predicted molar refractivity (Wildman–Crippen MR) is 155 cm³/mol. The Labute approximate surface area is 237 Å². The van der Waals surface area contributed by atoms with Crippen LogP contribution in [0.25, 0.3) is 0 Å². The van der Waals surface area contributed by atoms with Crippen molar-refractivity contribution in [1.29, 1.82) is 0 Å². The summed E-state index contributed by atoms with van der Waals surface area (Å²) >= 11 is 0. The molecule has 0 bridgehead atoms. The molecule has 1 aromatic carbocycles. The van der Waals surface area contributed by atoms with Gasteiger partial charge in [0.15, 0.2) is 11.6 Å². The summed E-state index contributed by atoms with van der Waals surface area (Å²) in [4.78, 5) is 29.4. The maximum absolute atomic E-state index is 13.5. The molecule has 0 saturated carbocycles. The van der Waals surface area contributed by atoms with Gasteiger partial charge in [-0.3, -0.25) is 20.1 Å². The number of fused-ring (bicyclic) bond motifs is 1. The van der Waals surface area contributed by atoms with Crippen LogP contribution in [-0.2, 0) is 4.79 Å². The molecular formula is C27H34F2N10O2. The number of ether oxygens (including phenoxy) is 1. The molecule has 218 valence electrons. The van der Waals surface area contributed by atoms with Crippen molar-refractivity contribution >= 4 is 40.4 Å². The summed E-state index contributed by atoms with van der Waals surface area (Å²) in [5, 5.41) is 10.8. The van der Waals surface area contributed by atoms with E-state index >= 15 is 0 Å². The van der Waals surface area contributed by atoms with Gasteiger partial charge in [0.2, 0.25) is 11.9 Å². The molecule has 3 heterocycles. The first-order chi connectivity index (χ1) is 19.7. The zero-order valence-corrected chi connectivity index (χ0v) is 23.4. The highest BCUT2D eigenvalue weighted by Crippen LogP contribution is 2.39. The molecule has 1 atom stereocenters. The minimum absolute atomic E-state index is 0.121. The molecule has 1 unspecified atom stereocenters. The highest BCUT2D eigenvalue weighted by Gasteiger charge is 2.30. The third-order valence-electron chi connectivity index (χ3n) is 6.16. The van der Waals surface area contributed by atoms with Crippen molar-refractivity contribution in [2.75, 3.05) is 61.3 Å². The molecule has 2 aromatic heterocycles. The van der Waals surface area contributed by atoms with Crippen LogP contribution in [0.1, 0.15) is 18.8 Å². The Morgan fingerprint density at radius 1 is 1.20 bits per heavy atom. The number of likely N-dealkylation sites (N-methyl/N-ethyl adjacent to an activating group) is 2. The quantitative estimate of drug-likeness (QED) is 0.226. The Kier molecular flexibility index (Phi) is 9.60. The number of alkyl halides is 2. The second kappa shape index (κ2) is 13.3. The molecule has 1 aliphatic heterocycles. The number of hydrazine groups is 1. The van der Waals surface area contributed by atoms with Gasteiger partial charge in [0, 0.05) is 44.7 Å². The van der Waals surface area contributed by atoms with Gasteiger partial charge in [-0.05, 0) is 44.9 Å². The molecule has 41 heavy (non-hydrogen) atoms. The van der Waals surface area contributed by atoms with E-state index in [1.807, 2.05) is 43.0 Å². The third-order valence-corrected chi connectivity index (χ3v) is 6.16. The SMILES string of the molecule is C=CC(=O)Nc1cc(Nc2nccc(N3NC(NCC)c4ncccc43)n2)c(OC(F)F)cc1N(C)CCN(C)C. The van der Waals surface area contributed by atoms with E-state index in [1.54, 1.807) is 30.5 Å². The van der Waals surface area contributed by atoms with Crippen LogP contribution in [0.4, 0.5) is 43.3 Å². The Balaban J connectivity index is 1.70. The second-order valence-corrected chi connectivity index (χ2v) is 9.39. The standard InChI is InChI=1S/C27H34F2N10O2/c1-6-23(40)33-17-15-18(21(41-26(28)29)16-20(17)38(5)14-13-37(3)4)34-27-32-12-10-22(35-27)39-19-9-8-11-31-24(19)25(36-39)30-7-2/h6,8-12,15-16,25-26,30,36H,1,7,13-14H2,2-5H3,(H,33,40)(H,32,34,35).